The van der Waals surface area contributed by atoms with Crippen molar-refractivity contribution >= 4 is 32.8 Å². The number of benzene rings is 1. The van der Waals surface area contributed by atoms with Crippen LogP contribution in [0.1, 0.15) is 35.1 Å². The van der Waals surface area contributed by atoms with Crippen LogP contribution in [0.4, 0.5) is 18.9 Å². The number of halogens is 3. The number of nitrogens with one attached hydrogen (secondary N) is 1. The lowest BCUT2D eigenvalue weighted by atomic mass is 10.0. The number of alkyl halides is 3. The topological polar surface area (TPSA) is 96.0 Å². The number of amides is 1. The fourth-order valence-electron chi connectivity index (χ4n) is 3.12. The minimum Gasteiger partial charge on any atom is -0.373 e. The Morgan fingerprint density at radius 2 is 2.00 bits per heavy atom. The third kappa shape index (κ3) is 2.93. The monoisotopic (exact) mass is 433 g/mol. The average Bonchev–Trinajstić information content (AvgIpc) is 3.23. The van der Waals surface area contributed by atoms with E-state index in [1.54, 1.807) is 11.4 Å². The minimum absolute atomic E-state index is 0.0953. The summed E-state index contributed by atoms with van der Waals surface area (Å²) in [4.78, 5) is 12.7. The molecule has 28 heavy (non-hydrogen) atoms. The number of anilines is 1. The first-order valence-electron chi connectivity index (χ1n) is 8.11. The Labute approximate surface area is 161 Å². The van der Waals surface area contributed by atoms with E-state index in [1.807, 2.05) is 5.32 Å². The molecule has 3 unspecified atom stereocenters. The Kier molecular flexibility index (Phi) is 4.17. The van der Waals surface area contributed by atoms with Crippen LogP contribution in [0.2, 0.25) is 0 Å². The largest absolute Gasteiger partial charge is 0.426 e. The highest BCUT2D eigenvalue weighted by atomic mass is 32.2. The fourth-order valence-corrected chi connectivity index (χ4v) is 5.86. The molecule has 2 aliphatic heterocycles. The SMILES string of the molecule is CC(O)(C(=O)Nc1cccc2c1C1OC1c1sccc1CS2(=O)=O)C(F)(F)F. The first-order chi connectivity index (χ1) is 12.9. The van der Waals surface area contributed by atoms with Gasteiger partial charge < -0.3 is 15.2 Å². The molecule has 0 radical (unpaired) electrons. The molecule has 1 amide bonds. The summed E-state index contributed by atoms with van der Waals surface area (Å²) < 4.78 is 70.2. The highest BCUT2D eigenvalue weighted by Crippen LogP contribution is 2.58. The summed E-state index contributed by atoms with van der Waals surface area (Å²) in [5.41, 5.74) is -3.06. The van der Waals surface area contributed by atoms with Gasteiger partial charge in [0.05, 0.1) is 10.6 Å². The molecule has 2 N–H and O–H groups in total. The number of rotatable bonds is 2. The Balaban J connectivity index is 1.79. The molecule has 1 fully saturated rings. The molecule has 0 aliphatic carbocycles. The van der Waals surface area contributed by atoms with E-state index in [0.29, 0.717) is 12.5 Å². The zero-order chi connectivity index (χ0) is 20.5. The summed E-state index contributed by atoms with van der Waals surface area (Å²) in [6.07, 6.45) is -6.34. The molecule has 1 saturated heterocycles. The van der Waals surface area contributed by atoms with E-state index >= 15 is 0 Å². The number of hydrogen-bond donors (Lipinski definition) is 2. The Morgan fingerprint density at radius 3 is 2.68 bits per heavy atom. The van der Waals surface area contributed by atoms with Crippen molar-refractivity contribution < 1.29 is 36.2 Å². The van der Waals surface area contributed by atoms with Gasteiger partial charge in [-0.1, -0.05) is 6.07 Å². The number of thiophene rings is 1. The van der Waals surface area contributed by atoms with E-state index < -0.39 is 39.7 Å². The quantitative estimate of drug-likeness (QED) is 0.710. The van der Waals surface area contributed by atoms with Crippen molar-refractivity contribution in [2.75, 3.05) is 5.32 Å². The molecule has 2 aromatic rings. The maximum atomic E-state index is 13.0. The molecule has 1 aromatic carbocycles. The predicted octanol–water partition coefficient (Wildman–Crippen LogP) is 3.10. The molecule has 1 aromatic heterocycles. The van der Waals surface area contributed by atoms with Crippen LogP contribution in [-0.2, 0) is 25.1 Å². The van der Waals surface area contributed by atoms with Crippen molar-refractivity contribution in [2.45, 2.75) is 41.6 Å². The maximum Gasteiger partial charge on any atom is 0.426 e. The van der Waals surface area contributed by atoms with Crippen LogP contribution in [-0.4, -0.2) is 31.2 Å². The van der Waals surface area contributed by atoms with Gasteiger partial charge in [0, 0.05) is 16.1 Å². The Morgan fingerprint density at radius 1 is 1.29 bits per heavy atom. The fraction of sp³-hybridized carbons (Fsp3) is 0.353. The van der Waals surface area contributed by atoms with Gasteiger partial charge in [0.1, 0.15) is 12.2 Å². The van der Waals surface area contributed by atoms with Crippen LogP contribution in [0.5, 0.6) is 0 Å². The van der Waals surface area contributed by atoms with Gasteiger partial charge >= 0.3 is 6.18 Å². The number of sulfone groups is 1. The minimum atomic E-state index is -5.20. The number of hydrogen-bond acceptors (Lipinski definition) is 6. The number of ether oxygens (including phenoxy) is 1. The van der Waals surface area contributed by atoms with Crippen molar-refractivity contribution in [1.29, 1.82) is 0 Å². The molecule has 0 spiro atoms. The molecule has 0 saturated carbocycles. The lowest BCUT2D eigenvalue weighted by Crippen LogP contribution is -2.52. The zero-order valence-corrected chi connectivity index (χ0v) is 15.9. The van der Waals surface area contributed by atoms with E-state index in [9.17, 15) is 31.5 Å². The summed E-state index contributed by atoms with van der Waals surface area (Å²) in [6.45, 7) is 0.333. The second-order valence-corrected chi connectivity index (χ2v) is 9.69. The van der Waals surface area contributed by atoms with E-state index in [-0.39, 0.29) is 21.9 Å². The van der Waals surface area contributed by atoms with Crippen molar-refractivity contribution in [3.63, 3.8) is 0 Å². The van der Waals surface area contributed by atoms with Crippen LogP contribution in [0.3, 0.4) is 0 Å². The van der Waals surface area contributed by atoms with E-state index in [0.717, 1.165) is 4.88 Å². The second-order valence-electron chi connectivity index (χ2n) is 6.79. The van der Waals surface area contributed by atoms with Crippen molar-refractivity contribution in [2.24, 2.45) is 0 Å². The molecule has 11 heteroatoms. The summed E-state index contributed by atoms with van der Waals surface area (Å²) in [6, 6.07) is 5.64. The molecule has 6 nitrogen and oxygen atoms in total. The Bertz CT molecular complexity index is 1070. The normalized spacial score (nSPS) is 24.6. The van der Waals surface area contributed by atoms with E-state index in [2.05, 4.69) is 0 Å². The number of carbonyl (C=O) groups excluding carboxylic acids is 1. The lowest BCUT2D eigenvalue weighted by Gasteiger charge is -2.26. The summed E-state index contributed by atoms with van der Waals surface area (Å²) >= 11 is 1.33. The zero-order valence-electron chi connectivity index (χ0n) is 14.3. The standard InChI is InChI=1S/C17H14F3NO5S2/c1-16(23,17(18,19)20)15(22)21-9-3-2-4-10-11(9)12-13(26-12)14-8(5-6-27-14)7-28(10,24)25/h2-6,12-13,23H,7H2,1H3,(H,21,22). The van der Waals surface area contributed by atoms with E-state index in [1.165, 1.54) is 29.5 Å². The molecule has 0 bridgehead atoms. The van der Waals surface area contributed by atoms with Gasteiger partial charge in [-0.25, -0.2) is 8.42 Å². The van der Waals surface area contributed by atoms with Gasteiger partial charge in [-0.05, 0) is 36.1 Å². The van der Waals surface area contributed by atoms with E-state index in [4.69, 9.17) is 4.74 Å². The van der Waals surface area contributed by atoms with Crippen LogP contribution >= 0.6 is 11.3 Å². The highest BCUT2D eigenvalue weighted by Gasteiger charge is 2.56. The van der Waals surface area contributed by atoms with Crippen LogP contribution < -0.4 is 5.32 Å². The third-order valence-electron chi connectivity index (χ3n) is 4.80. The van der Waals surface area contributed by atoms with Gasteiger partial charge in [0.15, 0.2) is 9.84 Å². The molecular weight excluding hydrogens is 419 g/mol. The number of aliphatic hydroxyl groups is 1. The van der Waals surface area contributed by atoms with Gasteiger partial charge in [-0.3, -0.25) is 4.79 Å². The lowest BCUT2D eigenvalue weighted by molar-refractivity contribution is -0.242. The summed E-state index contributed by atoms with van der Waals surface area (Å²) in [7, 11) is -3.82. The van der Waals surface area contributed by atoms with Crippen LogP contribution in [0.25, 0.3) is 0 Å². The predicted molar refractivity (Wildman–Crippen MR) is 93.5 cm³/mol. The first kappa shape index (κ1) is 19.4. The average molecular weight is 433 g/mol. The first-order valence-corrected chi connectivity index (χ1v) is 10.6. The van der Waals surface area contributed by atoms with Gasteiger partial charge in [-0.15, -0.1) is 11.3 Å². The highest BCUT2D eigenvalue weighted by molar-refractivity contribution is 7.90. The van der Waals surface area contributed by atoms with Crippen LogP contribution in [0, 0.1) is 0 Å². The smallest absolute Gasteiger partial charge is 0.373 e. The summed E-state index contributed by atoms with van der Waals surface area (Å²) in [5, 5.41) is 13.4. The van der Waals surface area contributed by atoms with Gasteiger partial charge in [0.2, 0.25) is 5.60 Å². The van der Waals surface area contributed by atoms with Crippen molar-refractivity contribution in [3.05, 3.63) is 45.6 Å². The van der Waals surface area contributed by atoms with Gasteiger partial charge in [0.25, 0.3) is 5.91 Å². The van der Waals surface area contributed by atoms with Crippen LogP contribution in [0.15, 0.2) is 34.5 Å². The number of carbonyl (C=O) groups is 1. The molecule has 3 heterocycles. The molecule has 150 valence electrons. The molecule has 3 atom stereocenters. The second kappa shape index (κ2) is 6.02. The molecular formula is C17H14F3NO5S2. The van der Waals surface area contributed by atoms with Crippen molar-refractivity contribution in [1.82, 2.24) is 0 Å². The van der Waals surface area contributed by atoms with Gasteiger partial charge in [-0.2, -0.15) is 13.2 Å². The summed E-state index contributed by atoms with van der Waals surface area (Å²) in [5.74, 6) is -1.98. The number of fused-ring (bicyclic) bond motifs is 5. The third-order valence-corrected chi connectivity index (χ3v) is 7.54. The number of epoxide rings is 1. The maximum absolute atomic E-state index is 13.0. The molecule has 2 aliphatic rings. The Hall–Kier alpha value is -1.95. The van der Waals surface area contributed by atoms with Crippen molar-refractivity contribution in [3.8, 4) is 0 Å². The molecule has 4 rings (SSSR count).